The molecule has 166 valence electrons. The number of H-pyrrole nitrogens is 2. The fraction of sp³-hybridized carbons (Fsp3) is 0.200. The Hall–Kier alpha value is -2.70. The summed E-state index contributed by atoms with van der Waals surface area (Å²) < 4.78 is 5.27. The molecule has 0 unspecified atom stereocenters. The van der Waals surface area contributed by atoms with Crippen molar-refractivity contribution >= 4 is 45.0 Å². The van der Waals surface area contributed by atoms with E-state index >= 15 is 0 Å². The maximum absolute atomic E-state index is 6.03. The maximum Gasteiger partial charge on any atom is 0.117 e. The minimum Gasteiger partial charge on any atom is -0.468 e. The monoisotopic (exact) mass is 468 g/mol. The Bertz CT molecular complexity index is 1270. The van der Waals surface area contributed by atoms with Crippen LogP contribution in [0.2, 0.25) is 10.0 Å². The first kappa shape index (κ1) is 22.5. The molecule has 32 heavy (non-hydrogen) atoms. The number of fused-ring (bicyclic) bond motifs is 2. The first-order valence-corrected chi connectivity index (χ1v) is 11.3. The van der Waals surface area contributed by atoms with E-state index in [1.807, 2.05) is 54.7 Å². The minimum absolute atomic E-state index is 0.666. The maximum atomic E-state index is 6.03. The van der Waals surface area contributed by atoms with Crippen molar-refractivity contribution in [2.45, 2.75) is 19.4 Å². The van der Waals surface area contributed by atoms with Gasteiger partial charge in [0.15, 0.2) is 0 Å². The highest BCUT2D eigenvalue weighted by Crippen LogP contribution is 2.23. The molecule has 5 rings (SSSR count). The van der Waals surface area contributed by atoms with Gasteiger partial charge in [0.25, 0.3) is 0 Å². The Morgan fingerprint density at radius 2 is 1.47 bits per heavy atom. The van der Waals surface area contributed by atoms with Crippen LogP contribution in [0.15, 0.2) is 71.6 Å². The van der Waals surface area contributed by atoms with Crippen LogP contribution in [0.5, 0.6) is 0 Å². The molecule has 0 aliphatic carbocycles. The molecule has 5 nitrogen and oxygen atoms in total. The van der Waals surface area contributed by atoms with Crippen LogP contribution in [0.1, 0.15) is 16.9 Å². The summed E-state index contributed by atoms with van der Waals surface area (Å²) >= 11 is 11.9. The molecule has 7 heteroatoms. The van der Waals surface area contributed by atoms with E-state index in [1.165, 1.54) is 21.9 Å². The van der Waals surface area contributed by atoms with Crippen LogP contribution >= 0.6 is 23.2 Å². The molecule has 2 aromatic carbocycles. The zero-order valence-corrected chi connectivity index (χ0v) is 19.1. The minimum atomic E-state index is 0.666. The zero-order chi connectivity index (χ0) is 22.3. The summed E-state index contributed by atoms with van der Waals surface area (Å²) in [5.41, 5.74) is 10.3. The van der Waals surface area contributed by atoms with Crippen LogP contribution in [0.4, 0.5) is 0 Å². The first-order chi connectivity index (χ1) is 15.6. The van der Waals surface area contributed by atoms with Gasteiger partial charge in [-0.05, 0) is 85.6 Å². The largest absolute Gasteiger partial charge is 0.468 e. The van der Waals surface area contributed by atoms with Crippen LogP contribution in [0.25, 0.3) is 21.8 Å². The first-order valence-electron chi connectivity index (χ1n) is 10.6. The number of nitrogens with two attached hydrogens (primary N) is 1. The van der Waals surface area contributed by atoms with E-state index in [0.29, 0.717) is 6.54 Å². The van der Waals surface area contributed by atoms with Crippen molar-refractivity contribution in [2.24, 2.45) is 5.73 Å². The molecule has 0 atom stereocenters. The number of halogens is 2. The van der Waals surface area contributed by atoms with Gasteiger partial charge in [0.05, 0.1) is 12.8 Å². The van der Waals surface area contributed by atoms with E-state index in [0.717, 1.165) is 52.8 Å². The van der Waals surface area contributed by atoms with Crippen molar-refractivity contribution in [2.75, 3.05) is 13.1 Å². The van der Waals surface area contributed by atoms with Gasteiger partial charge in [-0.3, -0.25) is 0 Å². The highest BCUT2D eigenvalue weighted by molar-refractivity contribution is 6.31. The van der Waals surface area contributed by atoms with Gasteiger partial charge in [-0.15, -0.1) is 0 Å². The van der Waals surface area contributed by atoms with E-state index in [9.17, 15) is 0 Å². The molecule has 0 saturated carbocycles. The van der Waals surface area contributed by atoms with Crippen molar-refractivity contribution in [3.63, 3.8) is 0 Å². The van der Waals surface area contributed by atoms with E-state index in [4.69, 9.17) is 33.4 Å². The Morgan fingerprint density at radius 3 is 2.03 bits per heavy atom. The number of nitrogens with one attached hydrogen (secondary N) is 3. The van der Waals surface area contributed by atoms with Crippen molar-refractivity contribution in [1.82, 2.24) is 15.3 Å². The molecule has 0 amide bonds. The Kier molecular flexibility index (Phi) is 7.55. The second-order valence-corrected chi connectivity index (χ2v) is 8.43. The van der Waals surface area contributed by atoms with Gasteiger partial charge in [-0.25, -0.2) is 0 Å². The van der Waals surface area contributed by atoms with Crippen LogP contribution in [0.3, 0.4) is 0 Å². The fourth-order valence-electron chi connectivity index (χ4n) is 3.72. The average Bonchev–Trinajstić information content (AvgIpc) is 3.53. The quantitative estimate of drug-likeness (QED) is 0.218. The summed E-state index contributed by atoms with van der Waals surface area (Å²) in [6.07, 6.45) is 7.59. The lowest BCUT2D eigenvalue weighted by Crippen LogP contribution is -2.16. The number of rotatable bonds is 7. The van der Waals surface area contributed by atoms with Crippen LogP contribution in [-0.2, 0) is 19.4 Å². The zero-order valence-electron chi connectivity index (χ0n) is 17.6. The highest BCUT2D eigenvalue weighted by atomic mass is 35.5. The van der Waals surface area contributed by atoms with Gasteiger partial charge in [0, 0.05) is 44.2 Å². The fourth-order valence-corrected chi connectivity index (χ4v) is 4.06. The van der Waals surface area contributed by atoms with E-state index in [2.05, 4.69) is 21.5 Å². The molecule has 5 aromatic rings. The lowest BCUT2D eigenvalue weighted by Gasteiger charge is -2.02. The third kappa shape index (κ3) is 5.56. The number of hydrogen-bond acceptors (Lipinski definition) is 3. The second kappa shape index (κ2) is 10.7. The summed E-state index contributed by atoms with van der Waals surface area (Å²) in [4.78, 5) is 6.45. The van der Waals surface area contributed by atoms with E-state index in [-0.39, 0.29) is 0 Å². The molecule has 3 aromatic heterocycles. The number of hydrogen-bond donors (Lipinski definition) is 4. The molecule has 0 spiro atoms. The van der Waals surface area contributed by atoms with Crippen LogP contribution in [0, 0.1) is 0 Å². The summed E-state index contributed by atoms with van der Waals surface area (Å²) in [6, 6.07) is 15.6. The Labute approximate surface area is 196 Å². The van der Waals surface area contributed by atoms with E-state index in [1.54, 1.807) is 6.26 Å². The molecule has 0 aliphatic rings. The SMILES string of the molecule is Clc1ccc2[nH]cc(CCNCc3ccco3)c2c1.NCCc1c[nH]c2ccc(Cl)cc12. The van der Waals surface area contributed by atoms with Crippen molar-refractivity contribution < 1.29 is 4.42 Å². The van der Waals surface area contributed by atoms with Crippen molar-refractivity contribution in [3.05, 3.63) is 94.1 Å². The normalized spacial score (nSPS) is 11.1. The van der Waals surface area contributed by atoms with Crippen molar-refractivity contribution in [1.29, 1.82) is 0 Å². The molecule has 0 saturated heterocycles. The van der Waals surface area contributed by atoms with Gasteiger partial charge >= 0.3 is 0 Å². The summed E-state index contributed by atoms with van der Waals surface area (Å²) in [7, 11) is 0. The van der Waals surface area contributed by atoms with Gasteiger partial charge in [0.2, 0.25) is 0 Å². The standard InChI is InChI=1S/C15H15ClN2O.C10H11ClN2/c16-12-3-4-15-14(8-12)11(9-18-15)5-6-17-10-13-2-1-7-19-13;11-8-1-2-10-9(5-8)7(3-4-12)6-13-10/h1-4,7-9,17-18H,5-6,10H2;1-2,5-6,13H,3-4,12H2. The highest BCUT2D eigenvalue weighted by Gasteiger charge is 2.04. The van der Waals surface area contributed by atoms with Crippen LogP contribution < -0.4 is 11.1 Å². The number of furan rings is 1. The van der Waals surface area contributed by atoms with Gasteiger partial charge < -0.3 is 25.4 Å². The van der Waals surface area contributed by atoms with Gasteiger partial charge in [-0.1, -0.05) is 23.2 Å². The molecule has 3 heterocycles. The smallest absolute Gasteiger partial charge is 0.117 e. The average molecular weight is 469 g/mol. The molecule has 0 aliphatic heterocycles. The van der Waals surface area contributed by atoms with Gasteiger partial charge in [-0.2, -0.15) is 0 Å². The number of aromatic amines is 2. The van der Waals surface area contributed by atoms with Crippen LogP contribution in [-0.4, -0.2) is 23.1 Å². The predicted octanol–water partition coefficient (Wildman–Crippen LogP) is 6.07. The molecule has 0 bridgehead atoms. The number of benzene rings is 2. The molecule has 0 radical (unpaired) electrons. The van der Waals surface area contributed by atoms with Crippen molar-refractivity contribution in [3.8, 4) is 0 Å². The lowest BCUT2D eigenvalue weighted by molar-refractivity contribution is 0.484. The third-order valence-corrected chi connectivity index (χ3v) is 5.79. The predicted molar refractivity (Wildman–Crippen MR) is 133 cm³/mol. The third-order valence-electron chi connectivity index (χ3n) is 5.32. The summed E-state index contributed by atoms with van der Waals surface area (Å²) in [5.74, 6) is 0.960. The topological polar surface area (TPSA) is 82.8 Å². The van der Waals surface area contributed by atoms with E-state index < -0.39 is 0 Å². The van der Waals surface area contributed by atoms with Gasteiger partial charge in [0.1, 0.15) is 5.76 Å². The number of aromatic nitrogens is 2. The second-order valence-electron chi connectivity index (χ2n) is 7.55. The molecule has 0 fully saturated rings. The molecule has 5 N–H and O–H groups in total. The lowest BCUT2D eigenvalue weighted by atomic mass is 10.1. The summed E-state index contributed by atoms with van der Waals surface area (Å²) in [5, 5.41) is 7.29. The summed E-state index contributed by atoms with van der Waals surface area (Å²) in [6.45, 7) is 2.33. The Morgan fingerprint density at radius 1 is 0.844 bits per heavy atom. The molecular weight excluding hydrogens is 443 g/mol. The molecular formula is C25H26Cl2N4O. The Balaban J connectivity index is 0.000000165.